The Bertz CT molecular complexity index is 492. The van der Waals surface area contributed by atoms with Crippen molar-refractivity contribution in [2.24, 2.45) is 11.7 Å². The van der Waals surface area contributed by atoms with Gasteiger partial charge >= 0.3 is 0 Å². The molecule has 19 heavy (non-hydrogen) atoms. The highest BCUT2D eigenvalue weighted by Crippen LogP contribution is 2.27. The van der Waals surface area contributed by atoms with E-state index in [9.17, 15) is 4.79 Å². The number of hydrogen-bond acceptors (Lipinski definition) is 3. The van der Waals surface area contributed by atoms with Crippen molar-refractivity contribution in [2.75, 3.05) is 6.54 Å². The molecule has 3 nitrogen and oxygen atoms in total. The van der Waals surface area contributed by atoms with Crippen LogP contribution in [0.4, 0.5) is 0 Å². The molecule has 1 amide bonds. The van der Waals surface area contributed by atoms with Gasteiger partial charge in [-0.3, -0.25) is 4.79 Å². The molecule has 2 rings (SSSR count). The van der Waals surface area contributed by atoms with Crippen molar-refractivity contribution >= 4 is 17.2 Å². The average Bonchev–Trinajstić information content (AvgIpc) is 3.07. The third kappa shape index (κ3) is 3.82. The molecule has 1 aliphatic carbocycles. The molecule has 1 aromatic heterocycles. The summed E-state index contributed by atoms with van der Waals surface area (Å²) in [6.45, 7) is 2.45. The Balaban J connectivity index is 1.93. The SMILES string of the molecule is CC(NC(=O)c1ccc(C#CCN)s1)C1CCCC1. The predicted molar refractivity (Wildman–Crippen MR) is 79.1 cm³/mol. The van der Waals surface area contributed by atoms with Crippen LogP contribution in [0.25, 0.3) is 0 Å². The molecule has 1 saturated carbocycles. The number of carbonyl (C=O) groups excluding carboxylic acids is 1. The zero-order valence-corrected chi connectivity index (χ0v) is 12.1. The number of nitrogens with two attached hydrogens (primary N) is 1. The molecule has 1 aromatic rings. The van der Waals surface area contributed by atoms with Gasteiger partial charge < -0.3 is 11.1 Å². The molecular weight excluding hydrogens is 256 g/mol. The summed E-state index contributed by atoms with van der Waals surface area (Å²) in [5.41, 5.74) is 5.33. The van der Waals surface area contributed by atoms with Gasteiger partial charge in [-0.15, -0.1) is 11.3 Å². The maximum Gasteiger partial charge on any atom is 0.261 e. The Morgan fingerprint density at radius 1 is 1.53 bits per heavy atom. The first-order valence-electron chi connectivity index (χ1n) is 6.80. The highest BCUT2D eigenvalue weighted by atomic mass is 32.1. The summed E-state index contributed by atoms with van der Waals surface area (Å²) in [6, 6.07) is 3.97. The van der Waals surface area contributed by atoms with E-state index >= 15 is 0 Å². The van der Waals surface area contributed by atoms with E-state index in [2.05, 4.69) is 24.1 Å². The molecule has 102 valence electrons. The van der Waals surface area contributed by atoms with Crippen LogP contribution < -0.4 is 11.1 Å². The van der Waals surface area contributed by atoms with Gasteiger partial charge in [0.15, 0.2) is 0 Å². The summed E-state index contributed by atoms with van der Waals surface area (Å²) < 4.78 is 0. The maximum absolute atomic E-state index is 12.1. The van der Waals surface area contributed by atoms with Gasteiger partial charge in [0.25, 0.3) is 5.91 Å². The minimum atomic E-state index is 0.0187. The van der Waals surface area contributed by atoms with Crippen molar-refractivity contribution in [3.05, 3.63) is 21.9 Å². The van der Waals surface area contributed by atoms with E-state index in [0.29, 0.717) is 12.5 Å². The molecule has 0 saturated heterocycles. The van der Waals surface area contributed by atoms with Crippen molar-refractivity contribution in [1.29, 1.82) is 0 Å². The first kappa shape index (κ1) is 14.1. The smallest absolute Gasteiger partial charge is 0.261 e. The van der Waals surface area contributed by atoms with Gasteiger partial charge in [0.05, 0.1) is 16.3 Å². The monoisotopic (exact) mass is 276 g/mol. The maximum atomic E-state index is 12.1. The molecule has 0 radical (unpaired) electrons. The second-order valence-corrected chi connectivity index (χ2v) is 6.06. The molecule has 0 bridgehead atoms. The Morgan fingerprint density at radius 2 is 2.26 bits per heavy atom. The minimum absolute atomic E-state index is 0.0187. The number of hydrogen-bond donors (Lipinski definition) is 2. The Hall–Kier alpha value is -1.31. The fourth-order valence-corrected chi connectivity index (χ4v) is 3.30. The Kier molecular flexibility index (Phi) is 5.00. The van der Waals surface area contributed by atoms with E-state index in [1.807, 2.05) is 12.1 Å². The summed E-state index contributed by atoms with van der Waals surface area (Å²) in [5.74, 6) is 6.41. The second kappa shape index (κ2) is 6.74. The molecular formula is C15H20N2OS. The number of thiophene rings is 1. The number of carbonyl (C=O) groups is 1. The van der Waals surface area contributed by atoms with Crippen molar-refractivity contribution in [3.8, 4) is 11.8 Å². The molecule has 1 heterocycles. The second-order valence-electron chi connectivity index (χ2n) is 4.98. The zero-order chi connectivity index (χ0) is 13.7. The first-order valence-corrected chi connectivity index (χ1v) is 7.62. The van der Waals surface area contributed by atoms with E-state index in [1.54, 1.807) is 0 Å². The minimum Gasteiger partial charge on any atom is -0.349 e. The molecule has 4 heteroatoms. The van der Waals surface area contributed by atoms with Crippen LogP contribution in [0, 0.1) is 17.8 Å². The highest BCUT2D eigenvalue weighted by Gasteiger charge is 2.23. The van der Waals surface area contributed by atoms with E-state index in [-0.39, 0.29) is 11.9 Å². The van der Waals surface area contributed by atoms with Gasteiger partial charge in [-0.2, -0.15) is 0 Å². The summed E-state index contributed by atoms with van der Waals surface area (Å²) in [4.78, 5) is 13.7. The molecule has 1 atom stereocenters. The van der Waals surface area contributed by atoms with Crippen molar-refractivity contribution in [2.45, 2.75) is 38.6 Å². The number of amides is 1. The van der Waals surface area contributed by atoms with Crippen LogP contribution in [-0.4, -0.2) is 18.5 Å². The molecule has 1 unspecified atom stereocenters. The lowest BCUT2D eigenvalue weighted by Gasteiger charge is -2.19. The summed E-state index contributed by atoms with van der Waals surface area (Å²) in [7, 11) is 0. The third-order valence-electron chi connectivity index (χ3n) is 3.61. The summed E-state index contributed by atoms with van der Waals surface area (Å²) in [5, 5.41) is 3.11. The van der Waals surface area contributed by atoms with Gasteiger partial charge in [0.2, 0.25) is 0 Å². The van der Waals surface area contributed by atoms with Crippen LogP contribution in [0.15, 0.2) is 12.1 Å². The van der Waals surface area contributed by atoms with Gasteiger partial charge in [-0.25, -0.2) is 0 Å². The van der Waals surface area contributed by atoms with Crippen LogP contribution in [0.1, 0.15) is 47.2 Å². The van der Waals surface area contributed by atoms with E-state index in [0.717, 1.165) is 9.75 Å². The van der Waals surface area contributed by atoms with Gasteiger partial charge in [-0.05, 0) is 37.8 Å². The highest BCUT2D eigenvalue weighted by molar-refractivity contribution is 7.14. The zero-order valence-electron chi connectivity index (χ0n) is 11.2. The van der Waals surface area contributed by atoms with Crippen molar-refractivity contribution in [1.82, 2.24) is 5.32 Å². The fraction of sp³-hybridized carbons (Fsp3) is 0.533. The number of nitrogens with one attached hydrogen (secondary N) is 1. The first-order chi connectivity index (χ1) is 9.20. The fourth-order valence-electron chi connectivity index (χ4n) is 2.52. The summed E-state index contributed by atoms with van der Waals surface area (Å²) in [6.07, 6.45) is 5.06. The standard InChI is InChI=1S/C15H20N2OS/c1-11(12-5-2-3-6-12)17-15(18)14-9-8-13(19-14)7-4-10-16/h8-9,11-12H,2-3,5-6,10,16H2,1H3,(H,17,18). The lowest BCUT2D eigenvalue weighted by Crippen LogP contribution is -2.36. The molecule has 1 aliphatic rings. The Labute approximate surface area is 118 Å². The van der Waals surface area contributed by atoms with Gasteiger partial charge in [0, 0.05) is 6.04 Å². The normalized spacial score (nSPS) is 16.7. The quantitative estimate of drug-likeness (QED) is 0.833. The Morgan fingerprint density at radius 3 is 2.95 bits per heavy atom. The van der Waals surface area contributed by atoms with Crippen LogP contribution >= 0.6 is 11.3 Å². The van der Waals surface area contributed by atoms with Crippen LogP contribution in [-0.2, 0) is 0 Å². The van der Waals surface area contributed by atoms with E-state index in [1.165, 1.54) is 37.0 Å². The molecule has 0 spiro atoms. The van der Waals surface area contributed by atoms with E-state index in [4.69, 9.17) is 5.73 Å². The molecule has 3 N–H and O–H groups in total. The van der Waals surface area contributed by atoms with Gasteiger partial charge in [-0.1, -0.05) is 24.7 Å². The lowest BCUT2D eigenvalue weighted by atomic mass is 10.00. The number of rotatable bonds is 3. The molecule has 1 fully saturated rings. The predicted octanol–water partition coefficient (Wildman–Crippen LogP) is 2.37. The summed E-state index contributed by atoms with van der Waals surface area (Å²) >= 11 is 1.42. The third-order valence-corrected chi connectivity index (χ3v) is 4.61. The van der Waals surface area contributed by atoms with Crippen molar-refractivity contribution in [3.63, 3.8) is 0 Å². The van der Waals surface area contributed by atoms with E-state index < -0.39 is 0 Å². The van der Waals surface area contributed by atoms with Crippen LogP contribution in [0.3, 0.4) is 0 Å². The van der Waals surface area contributed by atoms with Crippen molar-refractivity contribution < 1.29 is 4.79 Å². The topological polar surface area (TPSA) is 55.1 Å². The van der Waals surface area contributed by atoms with Gasteiger partial charge in [0.1, 0.15) is 0 Å². The largest absolute Gasteiger partial charge is 0.349 e. The lowest BCUT2D eigenvalue weighted by molar-refractivity contribution is 0.0931. The molecule has 0 aliphatic heterocycles. The van der Waals surface area contributed by atoms with Crippen LogP contribution in [0.5, 0.6) is 0 Å². The average molecular weight is 276 g/mol. The van der Waals surface area contributed by atoms with Crippen LogP contribution in [0.2, 0.25) is 0 Å². The molecule has 0 aromatic carbocycles.